The summed E-state index contributed by atoms with van der Waals surface area (Å²) >= 11 is 0. The van der Waals surface area contributed by atoms with E-state index in [1.807, 2.05) is 0 Å². The molecule has 0 aromatic heterocycles. The number of esters is 2. The Bertz CT molecular complexity index is 867. The number of ether oxygens (including phenoxy) is 2. The van der Waals surface area contributed by atoms with E-state index in [2.05, 4.69) is 23.6 Å². The van der Waals surface area contributed by atoms with Crippen LogP contribution in [0.4, 0.5) is 0 Å². The Kier molecular flexibility index (Phi) is 14.6. The SMILES string of the molecule is CC1CC(C)(CC(=O)OCCN(C2CCCCC2)C2CCCCC2)CCC1CC(=O)OCCN(C1CCCCC1)C1CCCCC1. The van der Waals surface area contributed by atoms with Gasteiger partial charge in [0.05, 0.1) is 6.42 Å². The number of rotatable bonds is 14. The van der Waals surface area contributed by atoms with Crippen molar-refractivity contribution in [2.75, 3.05) is 26.3 Å². The van der Waals surface area contributed by atoms with E-state index in [1.165, 1.54) is 128 Å². The van der Waals surface area contributed by atoms with E-state index >= 15 is 0 Å². The monoisotopic (exact) mass is 643 g/mol. The van der Waals surface area contributed by atoms with Crippen LogP contribution < -0.4 is 0 Å². The molecule has 0 spiro atoms. The molecule has 0 aliphatic heterocycles. The Morgan fingerprint density at radius 2 is 0.978 bits per heavy atom. The van der Waals surface area contributed by atoms with Crippen LogP contribution in [0.2, 0.25) is 0 Å². The zero-order valence-electron chi connectivity index (χ0n) is 30.0. The molecule has 0 aromatic rings. The summed E-state index contributed by atoms with van der Waals surface area (Å²) in [5, 5.41) is 0. The molecule has 264 valence electrons. The lowest BCUT2D eigenvalue weighted by Gasteiger charge is -2.42. The van der Waals surface area contributed by atoms with Crippen molar-refractivity contribution in [1.82, 2.24) is 9.80 Å². The van der Waals surface area contributed by atoms with Crippen molar-refractivity contribution in [3.8, 4) is 0 Å². The van der Waals surface area contributed by atoms with Gasteiger partial charge in [-0.25, -0.2) is 0 Å². The third-order valence-corrected chi connectivity index (χ3v) is 13.1. The van der Waals surface area contributed by atoms with Crippen LogP contribution in [0, 0.1) is 17.3 Å². The van der Waals surface area contributed by atoms with E-state index in [4.69, 9.17) is 9.47 Å². The standard InChI is InChI=1S/C40H70N2O4/c1-32-30-40(2,31-39(44)46-28-26-42(36-19-11-5-12-20-36)37-21-13-6-14-22-37)24-23-33(32)29-38(43)45-27-25-41(34-15-7-3-8-16-34)35-17-9-4-10-18-35/h32-37H,3-31H2,1-2H3. The van der Waals surface area contributed by atoms with Crippen LogP contribution in [0.15, 0.2) is 0 Å². The highest BCUT2D eigenvalue weighted by atomic mass is 16.5. The fraction of sp³-hybridized carbons (Fsp3) is 0.950. The average Bonchev–Trinajstić information content (AvgIpc) is 3.08. The summed E-state index contributed by atoms with van der Waals surface area (Å²) in [6.07, 6.45) is 30.8. The molecule has 3 atom stereocenters. The summed E-state index contributed by atoms with van der Waals surface area (Å²) in [5.41, 5.74) is -0.0379. The molecule has 3 unspecified atom stereocenters. The van der Waals surface area contributed by atoms with Crippen molar-refractivity contribution in [3.05, 3.63) is 0 Å². The maximum absolute atomic E-state index is 13.1. The van der Waals surface area contributed by atoms with Crippen molar-refractivity contribution < 1.29 is 19.1 Å². The molecule has 5 rings (SSSR count). The molecule has 5 aliphatic rings. The first-order chi connectivity index (χ1) is 22.4. The highest BCUT2D eigenvalue weighted by molar-refractivity contribution is 5.70. The molecule has 0 heterocycles. The Balaban J connectivity index is 1.01. The Morgan fingerprint density at radius 3 is 1.37 bits per heavy atom. The van der Waals surface area contributed by atoms with Crippen LogP contribution in [0.25, 0.3) is 0 Å². The summed E-state index contributed by atoms with van der Waals surface area (Å²) < 4.78 is 11.9. The highest BCUT2D eigenvalue weighted by Crippen LogP contribution is 2.45. The first-order valence-corrected chi connectivity index (χ1v) is 20.2. The predicted octanol–water partition coefficient (Wildman–Crippen LogP) is 9.23. The molecule has 0 amide bonds. The minimum absolute atomic E-state index is 0.0208. The molecule has 0 N–H and O–H groups in total. The molecule has 0 radical (unpaired) electrons. The molecular formula is C40H70N2O4. The number of hydrogen-bond donors (Lipinski definition) is 0. The summed E-state index contributed by atoms with van der Waals surface area (Å²) in [6.45, 7) is 7.42. The molecule has 6 nitrogen and oxygen atoms in total. The summed E-state index contributed by atoms with van der Waals surface area (Å²) in [5.74, 6) is 0.713. The lowest BCUT2D eigenvalue weighted by molar-refractivity contribution is -0.150. The minimum atomic E-state index is -0.0379. The van der Waals surface area contributed by atoms with Crippen molar-refractivity contribution in [1.29, 1.82) is 0 Å². The lowest BCUT2D eigenvalue weighted by atomic mass is 9.64. The van der Waals surface area contributed by atoms with Gasteiger partial charge in [-0.05, 0) is 87.9 Å². The van der Waals surface area contributed by atoms with Crippen LogP contribution >= 0.6 is 0 Å². The van der Waals surface area contributed by atoms with Crippen LogP contribution in [0.1, 0.15) is 174 Å². The second-order valence-corrected chi connectivity index (χ2v) is 16.8. The second-order valence-electron chi connectivity index (χ2n) is 16.8. The number of hydrogen-bond acceptors (Lipinski definition) is 6. The van der Waals surface area contributed by atoms with Crippen LogP contribution in [0.3, 0.4) is 0 Å². The highest BCUT2D eigenvalue weighted by Gasteiger charge is 2.39. The number of nitrogens with zero attached hydrogens (tertiary/aromatic N) is 2. The molecular weight excluding hydrogens is 572 g/mol. The first-order valence-electron chi connectivity index (χ1n) is 20.2. The zero-order valence-corrected chi connectivity index (χ0v) is 30.0. The van der Waals surface area contributed by atoms with Gasteiger partial charge in [0.2, 0.25) is 0 Å². The van der Waals surface area contributed by atoms with Gasteiger partial charge in [-0.1, -0.05) is 90.9 Å². The van der Waals surface area contributed by atoms with Crippen molar-refractivity contribution in [2.45, 2.75) is 199 Å². The minimum Gasteiger partial charge on any atom is -0.464 e. The quantitative estimate of drug-likeness (QED) is 0.176. The summed E-state index contributed by atoms with van der Waals surface area (Å²) in [7, 11) is 0. The maximum atomic E-state index is 13.1. The Labute approximate surface area is 282 Å². The molecule has 0 saturated heterocycles. The van der Waals surface area contributed by atoms with Crippen molar-refractivity contribution in [3.63, 3.8) is 0 Å². The van der Waals surface area contributed by atoms with E-state index in [-0.39, 0.29) is 17.4 Å². The maximum Gasteiger partial charge on any atom is 0.306 e. The van der Waals surface area contributed by atoms with Gasteiger partial charge in [0.25, 0.3) is 0 Å². The Morgan fingerprint density at radius 1 is 0.587 bits per heavy atom. The lowest BCUT2D eigenvalue weighted by Crippen LogP contribution is -2.47. The van der Waals surface area contributed by atoms with E-state index in [0.29, 0.717) is 62.1 Å². The second kappa shape index (κ2) is 18.6. The van der Waals surface area contributed by atoms with Gasteiger partial charge < -0.3 is 9.47 Å². The third-order valence-electron chi connectivity index (χ3n) is 13.1. The largest absolute Gasteiger partial charge is 0.464 e. The smallest absolute Gasteiger partial charge is 0.306 e. The zero-order chi connectivity index (χ0) is 32.2. The summed E-state index contributed by atoms with van der Waals surface area (Å²) in [4.78, 5) is 31.6. The molecule has 6 heteroatoms. The van der Waals surface area contributed by atoms with E-state index in [0.717, 1.165) is 32.4 Å². The van der Waals surface area contributed by atoms with Crippen molar-refractivity contribution >= 4 is 11.9 Å². The normalized spacial score (nSPS) is 29.7. The fourth-order valence-electron chi connectivity index (χ4n) is 10.5. The van der Waals surface area contributed by atoms with Gasteiger partial charge in [-0.2, -0.15) is 0 Å². The molecule has 5 saturated carbocycles. The van der Waals surface area contributed by atoms with Gasteiger partial charge in [0.15, 0.2) is 0 Å². The molecule has 0 aromatic carbocycles. The first kappa shape index (κ1) is 36.1. The van der Waals surface area contributed by atoms with Crippen LogP contribution in [0.5, 0.6) is 0 Å². The third kappa shape index (κ3) is 10.9. The van der Waals surface area contributed by atoms with E-state index in [1.54, 1.807) is 0 Å². The fourth-order valence-corrected chi connectivity index (χ4v) is 10.5. The molecule has 46 heavy (non-hydrogen) atoms. The van der Waals surface area contributed by atoms with Gasteiger partial charge in [-0.15, -0.1) is 0 Å². The van der Waals surface area contributed by atoms with Gasteiger partial charge in [-0.3, -0.25) is 19.4 Å². The average molecular weight is 643 g/mol. The number of carbonyl (C=O) groups is 2. The van der Waals surface area contributed by atoms with E-state index in [9.17, 15) is 9.59 Å². The van der Waals surface area contributed by atoms with E-state index < -0.39 is 0 Å². The molecule has 0 bridgehead atoms. The van der Waals surface area contributed by atoms with Gasteiger partial charge in [0.1, 0.15) is 13.2 Å². The van der Waals surface area contributed by atoms with Crippen molar-refractivity contribution in [2.24, 2.45) is 17.3 Å². The summed E-state index contributed by atoms with van der Waals surface area (Å²) in [6, 6.07) is 2.74. The topological polar surface area (TPSA) is 59.1 Å². The molecule has 5 fully saturated rings. The predicted molar refractivity (Wildman–Crippen MR) is 187 cm³/mol. The van der Waals surface area contributed by atoms with Gasteiger partial charge >= 0.3 is 11.9 Å². The molecule has 5 aliphatic carbocycles. The Hall–Kier alpha value is -1.14. The number of carbonyl (C=O) groups excluding carboxylic acids is 2. The van der Waals surface area contributed by atoms with Gasteiger partial charge in [0, 0.05) is 43.7 Å². The van der Waals surface area contributed by atoms with Crippen LogP contribution in [-0.2, 0) is 19.1 Å². The van der Waals surface area contributed by atoms with Crippen LogP contribution in [-0.4, -0.2) is 72.2 Å².